The molecule has 1 aliphatic rings. The molecule has 0 spiro atoms. The molecule has 0 saturated carbocycles. The summed E-state index contributed by atoms with van der Waals surface area (Å²) in [6.07, 6.45) is -1.81. The summed E-state index contributed by atoms with van der Waals surface area (Å²) in [7, 11) is 1.58. The van der Waals surface area contributed by atoms with E-state index < -0.39 is 12.5 Å². The molecule has 112 valence electrons. The molecule has 1 aromatic rings. The number of likely N-dealkylation sites (N-methyl/N-ethyl adjacent to an activating group) is 1. The van der Waals surface area contributed by atoms with Crippen LogP contribution in [0.3, 0.4) is 0 Å². The second kappa shape index (κ2) is 5.06. The molecule has 1 saturated heterocycles. The van der Waals surface area contributed by atoms with E-state index in [-0.39, 0.29) is 11.4 Å². The Labute approximate surface area is 118 Å². The Morgan fingerprint density at radius 1 is 1.50 bits per heavy atom. The molecule has 0 aromatic carbocycles. The van der Waals surface area contributed by atoms with Crippen molar-refractivity contribution in [2.24, 2.45) is 0 Å². The van der Waals surface area contributed by atoms with Crippen molar-refractivity contribution in [2.75, 3.05) is 18.6 Å². The number of hydrogen-bond acceptors (Lipinski definition) is 5. The second-order valence-electron chi connectivity index (χ2n) is 5.82. The van der Waals surface area contributed by atoms with Crippen LogP contribution in [-0.2, 0) is 10.2 Å². The van der Waals surface area contributed by atoms with Crippen molar-refractivity contribution in [1.29, 1.82) is 0 Å². The lowest BCUT2D eigenvalue weighted by atomic mass is 9.93. The van der Waals surface area contributed by atoms with Crippen LogP contribution in [-0.4, -0.2) is 47.3 Å². The molecular formula is C13H21N3O4. The summed E-state index contributed by atoms with van der Waals surface area (Å²) >= 11 is 0. The summed E-state index contributed by atoms with van der Waals surface area (Å²) < 4.78 is 10.6. The summed E-state index contributed by atoms with van der Waals surface area (Å²) in [5.41, 5.74) is -0.218. The zero-order valence-corrected chi connectivity index (χ0v) is 12.5. The topological polar surface area (TPSA) is 79.0 Å². The highest BCUT2D eigenvalue weighted by Crippen LogP contribution is 2.31. The molecule has 0 aliphatic carbocycles. The third kappa shape index (κ3) is 2.38. The number of nitrogens with zero attached hydrogens (tertiary/aromatic N) is 3. The van der Waals surface area contributed by atoms with Gasteiger partial charge in [0, 0.05) is 25.1 Å². The van der Waals surface area contributed by atoms with E-state index in [0.29, 0.717) is 18.2 Å². The Morgan fingerprint density at radius 2 is 2.15 bits per heavy atom. The molecule has 2 heterocycles. The van der Waals surface area contributed by atoms with E-state index in [2.05, 4.69) is 5.16 Å². The van der Waals surface area contributed by atoms with Crippen LogP contribution in [0.5, 0.6) is 0 Å². The monoisotopic (exact) mass is 283 g/mol. The number of rotatable bonds is 3. The van der Waals surface area contributed by atoms with Gasteiger partial charge in [-0.3, -0.25) is 4.90 Å². The lowest BCUT2D eigenvalue weighted by Crippen LogP contribution is -2.38. The molecular weight excluding hydrogens is 262 g/mol. The number of hydrogen-bond donors (Lipinski definition) is 1. The van der Waals surface area contributed by atoms with E-state index in [4.69, 9.17) is 9.26 Å². The summed E-state index contributed by atoms with van der Waals surface area (Å²) in [4.78, 5) is 14.7. The first kappa shape index (κ1) is 14.8. The molecule has 0 radical (unpaired) electrons. The Kier molecular flexibility index (Phi) is 3.75. The molecule has 20 heavy (non-hydrogen) atoms. The van der Waals surface area contributed by atoms with Gasteiger partial charge >= 0.3 is 6.03 Å². The van der Waals surface area contributed by atoms with Crippen LogP contribution in [0.25, 0.3) is 0 Å². The highest BCUT2D eigenvalue weighted by atomic mass is 16.5. The maximum atomic E-state index is 12.2. The second-order valence-corrected chi connectivity index (χ2v) is 5.82. The summed E-state index contributed by atoms with van der Waals surface area (Å²) in [6.45, 7) is 8.15. The first-order chi connectivity index (χ1) is 9.27. The molecule has 1 aliphatic heterocycles. The van der Waals surface area contributed by atoms with Gasteiger partial charge in [-0.2, -0.15) is 0 Å². The zero-order chi connectivity index (χ0) is 15.1. The fourth-order valence-corrected chi connectivity index (χ4v) is 2.05. The van der Waals surface area contributed by atoms with Gasteiger partial charge in [-0.15, -0.1) is 0 Å². The summed E-state index contributed by atoms with van der Waals surface area (Å²) in [6, 6.07) is 1.30. The molecule has 0 unspecified atom stereocenters. The fourth-order valence-electron chi connectivity index (χ4n) is 2.05. The zero-order valence-electron chi connectivity index (χ0n) is 12.5. The minimum atomic E-state index is -1.11. The summed E-state index contributed by atoms with van der Waals surface area (Å²) in [5, 5.41) is 14.1. The molecule has 1 fully saturated rings. The Balaban J connectivity index is 2.28. The van der Waals surface area contributed by atoms with Gasteiger partial charge in [-0.25, -0.2) is 9.69 Å². The van der Waals surface area contributed by atoms with Gasteiger partial charge in [0.2, 0.25) is 0 Å². The highest BCUT2D eigenvalue weighted by Gasteiger charge is 2.46. The predicted molar refractivity (Wildman–Crippen MR) is 72.3 cm³/mol. The van der Waals surface area contributed by atoms with Gasteiger partial charge in [0.05, 0.1) is 0 Å². The molecule has 0 bridgehead atoms. The molecule has 1 aromatic heterocycles. The molecule has 2 amide bonds. The number of amides is 2. The third-order valence-corrected chi connectivity index (χ3v) is 3.23. The Morgan fingerprint density at radius 3 is 2.65 bits per heavy atom. The van der Waals surface area contributed by atoms with Crippen LogP contribution in [0.15, 0.2) is 10.6 Å². The minimum absolute atomic E-state index is 0.218. The van der Waals surface area contributed by atoms with Gasteiger partial charge in [0.25, 0.3) is 0 Å². The van der Waals surface area contributed by atoms with Crippen molar-refractivity contribution in [3.63, 3.8) is 0 Å². The van der Waals surface area contributed by atoms with Crippen molar-refractivity contribution in [2.45, 2.75) is 45.6 Å². The molecule has 7 nitrogen and oxygen atoms in total. The quantitative estimate of drug-likeness (QED) is 0.910. The Hall–Kier alpha value is -1.60. The number of aromatic nitrogens is 1. The van der Waals surface area contributed by atoms with Crippen LogP contribution in [0.2, 0.25) is 0 Å². The van der Waals surface area contributed by atoms with Crippen molar-refractivity contribution in [3.05, 3.63) is 11.8 Å². The number of carbonyl (C=O) groups excluding carboxylic acids is 1. The normalized spacial score (nSPS) is 23.8. The van der Waals surface area contributed by atoms with Crippen molar-refractivity contribution >= 4 is 11.8 Å². The molecule has 2 rings (SSSR count). The van der Waals surface area contributed by atoms with Crippen molar-refractivity contribution in [3.8, 4) is 0 Å². The SMILES string of the molecule is CCO[C@H]1[C@H](O)N(c2cc(C(C)(C)C)on2)C(=O)N1C. The maximum Gasteiger partial charge on any atom is 0.330 e. The number of aliphatic hydroxyl groups excluding tert-OH is 1. The standard InChI is InChI=1S/C13H21N3O4/c1-6-19-11-10(17)16(12(18)15(11)5)9-7-8(20-14-9)13(2,3)4/h7,10-11,17H,6H2,1-5H3/t10-,11-/m0/s1. The van der Waals surface area contributed by atoms with E-state index in [1.807, 2.05) is 27.7 Å². The largest absolute Gasteiger partial charge is 0.369 e. The number of aliphatic hydroxyl groups is 1. The van der Waals surface area contributed by atoms with Gasteiger partial charge in [0.15, 0.2) is 18.3 Å². The van der Waals surface area contributed by atoms with Crippen LogP contribution in [0.1, 0.15) is 33.5 Å². The number of ether oxygens (including phenoxy) is 1. The van der Waals surface area contributed by atoms with E-state index in [9.17, 15) is 9.90 Å². The average Bonchev–Trinajstić information content (AvgIpc) is 2.90. The lowest BCUT2D eigenvalue weighted by Gasteiger charge is -2.20. The maximum absolute atomic E-state index is 12.2. The number of urea groups is 1. The first-order valence-electron chi connectivity index (χ1n) is 6.60. The van der Waals surface area contributed by atoms with Crippen LogP contribution < -0.4 is 4.90 Å². The van der Waals surface area contributed by atoms with Gasteiger partial charge in [0.1, 0.15) is 5.76 Å². The lowest BCUT2D eigenvalue weighted by molar-refractivity contribution is -0.0688. The minimum Gasteiger partial charge on any atom is -0.369 e. The number of anilines is 1. The Bertz CT molecular complexity index is 494. The smallest absolute Gasteiger partial charge is 0.330 e. The first-order valence-corrected chi connectivity index (χ1v) is 6.60. The van der Waals surface area contributed by atoms with E-state index in [0.717, 1.165) is 0 Å². The van der Waals surface area contributed by atoms with Crippen LogP contribution in [0.4, 0.5) is 10.6 Å². The van der Waals surface area contributed by atoms with E-state index in [1.54, 1.807) is 13.1 Å². The predicted octanol–water partition coefficient (Wildman–Crippen LogP) is 1.52. The van der Waals surface area contributed by atoms with Gasteiger partial charge in [-0.05, 0) is 6.92 Å². The molecule has 2 atom stereocenters. The average molecular weight is 283 g/mol. The van der Waals surface area contributed by atoms with Crippen molar-refractivity contribution < 1.29 is 19.2 Å². The van der Waals surface area contributed by atoms with Crippen LogP contribution in [0, 0.1) is 0 Å². The summed E-state index contributed by atoms with van der Waals surface area (Å²) in [5.74, 6) is 0.941. The van der Waals surface area contributed by atoms with E-state index >= 15 is 0 Å². The number of carbonyl (C=O) groups is 1. The molecule has 1 N–H and O–H groups in total. The van der Waals surface area contributed by atoms with Crippen molar-refractivity contribution in [1.82, 2.24) is 10.1 Å². The highest BCUT2D eigenvalue weighted by molar-refractivity contribution is 5.93. The third-order valence-electron chi connectivity index (χ3n) is 3.23. The van der Waals surface area contributed by atoms with Gasteiger partial charge < -0.3 is 14.4 Å². The van der Waals surface area contributed by atoms with Crippen LogP contribution >= 0.6 is 0 Å². The molecule has 7 heteroatoms. The fraction of sp³-hybridized carbons (Fsp3) is 0.692. The van der Waals surface area contributed by atoms with E-state index in [1.165, 1.54) is 9.80 Å². The van der Waals surface area contributed by atoms with Gasteiger partial charge in [-0.1, -0.05) is 25.9 Å².